The number of aliphatic carboxylic acids is 1. The molecule has 0 aromatic carbocycles. The van der Waals surface area contributed by atoms with Gasteiger partial charge in [0.15, 0.2) is 0 Å². The van der Waals surface area contributed by atoms with Crippen LogP contribution in [-0.2, 0) is 25.7 Å². The second-order valence-corrected chi connectivity index (χ2v) is 12.6. The molecule has 0 saturated carbocycles. The molecule has 0 unspecified atom stereocenters. The first-order valence-corrected chi connectivity index (χ1v) is 14.3. The quantitative estimate of drug-likeness (QED) is 0.251. The van der Waals surface area contributed by atoms with E-state index < -0.39 is 17.9 Å². The van der Waals surface area contributed by atoms with Gasteiger partial charge in [0, 0.05) is 54.1 Å². The number of β-lactam (4-membered cyclic amide) rings is 1. The second-order valence-electron chi connectivity index (χ2n) is 11.2. The van der Waals surface area contributed by atoms with Gasteiger partial charge in [-0.3, -0.25) is 19.4 Å². The fraction of sp³-hybridized carbons (Fsp3) is 0.667. The van der Waals surface area contributed by atoms with E-state index in [1.165, 1.54) is 27.7 Å². The first-order valence-electron chi connectivity index (χ1n) is 13.4. The van der Waals surface area contributed by atoms with Gasteiger partial charge in [0.05, 0.1) is 29.9 Å². The van der Waals surface area contributed by atoms with Crippen molar-refractivity contribution in [3.8, 4) is 0 Å². The molecule has 0 spiro atoms. The molecule has 40 heavy (non-hydrogen) atoms. The summed E-state index contributed by atoms with van der Waals surface area (Å²) in [6.07, 6.45) is 2.62. The Morgan fingerprint density at radius 2 is 2.12 bits per heavy atom. The molecule has 5 aliphatic heterocycles. The normalized spacial score (nSPS) is 33.5. The number of fused-ring (bicyclic) bond motifs is 2. The van der Waals surface area contributed by atoms with Crippen LogP contribution in [0.25, 0.3) is 0 Å². The van der Waals surface area contributed by atoms with Gasteiger partial charge >= 0.3 is 5.97 Å². The Morgan fingerprint density at radius 1 is 1.32 bits per heavy atom. The number of carboxylic acid groups (broad SMARTS) is 1. The number of rotatable bonds is 8. The molecule has 3 saturated heterocycles. The summed E-state index contributed by atoms with van der Waals surface area (Å²) in [7, 11) is 0. The number of carbonyl (C=O) groups excluding carboxylic acids is 3. The van der Waals surface area contributed by atoms with Gasteiger partial charge in [0.1, 0.15) is 18.6 Å². The molecule has 6 rings (SSSR count). The van der Waals surface area contributed by atoms with E-state index in [0.29, 0.717) is 42.7 Å². The number of nitrogens with zero attached hydrogens (tertiary/aromatic N) is 7. The van der Waals surface area contributed by atoms with E-state index in [0.717, 1.165) is 6.42 Å². The molecular formula is C24H32N10O5S. The molecule has 1 aromatic heterocycles. The third-order valence-electron chi connectivity index (χ3n) is 8.62. The van der Waals surface area contributed by atoms with Crippen LogP contribution in [0.3, 0.4) is 0 Å². The Morgan fingerprint density at radius 3 is 2.83 bits per heavy atom. The van der Waals surface area contributed by atoms with Crippen LogP contribution in [0.15, 0.2) is 21.9 Å². The van der Waals surface area contributed by atoms with Crippen LogP contribution in [0.2, 0.25) is 0 Å². The van der Waals surface area contributed by atoms with Gasteiger partial charge in [-0.25, -0.2) is 9.48 Å². The zero-order valence-corrected chi connectivity index (χ0v) is 23.0. The Labute approximate surface area is 234 Å². The summed E-state index contributed by atoms with van der Waals surface area (Å²) in [6.45, 7) is 5.37. The number of aliphatic imine (C=N–C) groups is 1. The van der Waals surface area contributed by atoms with E-state index in [1.54, 1.807) is 6.92 Å². The van der Waals surface area contributed by atoms with E-state index in [4.69, 9.17) is 5.73 Å². The fourth-order valence-corrected chi connectivity index (χ4v) is 8.26. The number of thioether (sulfide) groups is 1. The zero-order valence-electron chi connectivity index (χ0n) is 22.1. The number of nitrogens with two attached hydrogens (primary N) is 1. The highest BCUT2D eigenvalue weighted by atomic mass is 32.2. The summed E-state index contributed by atoms with van der Waals surface area (Å²) in [5.74, 6) is -1.60. The van der Waals surface area contributed by atoms with Crippen molar-refractivity contribution < 1.29 is 24.3 Å². The first-order chi connectivity index (χ1) is 19.1. The number of amidine groups is 1. The lowest BCUT2D eigenvalue weighted by molar-refractivity contribution is -0.158. The first kappa shape index (κ1) is 26.7. The van der Waals surface area contributed by atoms with Crippen LogP contribution >= 0.6 is 11.8 Å². The number of nitrogens with one attached hydrogen (secondary N) is 2. The predicted octanol–water partition coefficient (Wildman–Crippen LogP) is -2.00. The summed E-state index contributed by atoms with van der Waals surface area (Å²) >= 11 is 1.44. The average Bonchev–Trinajstić information content (AvgIpc) is 3.70. The number of carbonyl (C=O) groups is 4. The number of carboxylic acids is 1. The highest BCUT2D eigenvalue weighted by Gasteiger charge is 2.60. The van der Waals surface area contributed by atoms with Gasteiger partial charge in [0.25, 0.3) is 0 Å². The SMILES string of the molecule is C[C@@H](NC(=O)Cn1cnnn1)[C@H]1C(=O)N2C(C(=O)O)=C(S[C@@H]3CN[C@H](C(=O)N4C[C@@H]5CC(N)=N[C@@H]5C4)C3)[C@H](C)[C@H]12. The van der Waals surface area contributed by atoms with Crippen molar-refractivity contribution in [2.24, 2.45) is 28.5 Å². The molecule has 3 fully saturated rings. The van der Waals surface area contributed by atoms with Crippen molar-refractivity contribution >= 4 is 41.3 Å². The maximum absolute atomic E-state index is 13.2. The average molecular weight is 573 g/mol. The summed E-state index contributed by atoms with van der Waals surface area (Å²) in [5.41, 5.74) is 5.85. The van der Waals surface area contributed by atoms with Crippen molar-refractivity contribution in [1.82, 2.24) is 40.6 Å². The van der Waals surface area contributed by atoms with Crippen LogP contribution in [0, 0.1) is 17.8 Å². The molecule has 0 aliphatic carbocycles. The van der Waals surface area contributed by atoms with E-state index in [1.807, 2.05) is 11.8 Å². The maximum atomic E-state index is 13.2. The maximum Gasteiger partial charge on any atom is 0.353 e. The van der Waals surface area contributed by atoms with Gasteiger partial charge < -0.3 is 31.3 Å². The van der Waals surface area contributed by atoms with Gasteiger partial charge in [-0.15, -0.1) is 16.9 Å². The van der Waals surface area contributed by atoms with Gasteiger partial charge in [0.2, 0.25) is 17.7 Å². The molecular weight excluding hydrogens is 540 g/mol. The van der Waals surface area contributed by atoms with Crippen molar-refractivity contribution in [2.45, 2.75) is 62.7 Å². The Kier molecular flexibility index (Phi) is 6.76. The standard InChI is InChI=1S/C24H32N10O5S/c1-10-19-18(11(2)28-17(35)8-33-9-27-30-31-33)23(37)34(19)20(24(38)39)21(10)40-13-4-14(26-5-13)22(36)32-6-12-3-16(25)29-15(12)7-32/h9-15,18-19,26H,3-8H2,1-2H3,(H2,25,29)(H,28,35)(H,38,39)/t10-,11-,12+,13+,14+,15-,18-,19-/m1/s1. The Balaban J connectivity index is 1.09. The second kappa shape index (κ2) is 10.1. The largest absolute Gasteiger partial charge is 0.477 e. The van der Waals surface area contributed by atoms with E-state index in [2.05, 4.69) is 31.2 Å². The van der Waals surface area contributed by atoms with Gasteiger partial charge in [-0.05, 0) is 23.8 Å². The molecule has 214 valence electrons. The summed E-state index contributed by atoms with van der Waals surface area (Å²) in [4.78, 5) is 59.5. The molecule has 5 N–H and O–H groups in total. The summed E-state index contributed by atoms with van der Waals surface area (Å²) < 4.78 is 1.28. The highest BCUT2D eigenvalue weighted by Crippen LogP contribution is 2.52. The lowest BCUT2D eigenvalue weighted by atomic mass is 9.78. The third-order valence-corrected chi connectivity index (χ3v) is 10.1. The van der Waals surface area contributed by atoms with Crippen molar-refractivity contribution in [2.75, 3.05) is 19.6 Å². The van der Waals surface area contributed by atoms with E-state index in [-0.39, 0.29) is 59.3 Å². The van der Waals surface area contributed by atoms with Crippen molar-refractivity contribution in [3.05, 3.63) is 16.9 Å². The summed E-state index contributed by atoms with van der Waals surface area (Å²) in [5, 5.41) is 26.9. The molecule has 8 atom stereocenters. The van der Waals surface area contributed by atoms with Gasteiger partial charge in [-0.1, -0.05) is 6.92 Å². The number of hydrogen-bond acceptors (Lipinski definition) is 11. The number of tetrazole rings is 1. The van der Waals surface area contributed by atoms with Crippen LogP contribution in [0.4, 0.5) is 0 Å². The lowest BCUT2D eigenvalue weighted by Crippen LogP contribution is -2.66. The molecule has 5 aliphatic rings. The number of aromatic nitrogens is 4. The van der Waals surface area contributed by atoms with Crippen LogP contribution in [-0.4, -0.2) is 114 Å². The monoisotopic (exact) mass is 572 g/mol. The molecule has 0 bridgehead atoms. The fourth-order valence-electron chi connectivity index (χ4n) is 6.78. The van der Waals surface area contributed by atoms with E-state index >= 15 is 0 Å². The number of likely N-dealkylation sites (tertiary alicyclic amines) is 1. The van der Waals surface area contributed by atoms with Crippen LogP contribution < -0.4 is 16.4 Å². The predicted molar refractivity (Wildman–Crippen MR) is 141 cm³/mol. The minimum atomic E-state index is -1.15. The van der Waals surface area contributed by atoms with Crippen molar-refractivity contribution in [1.29, 1.82) is 0 Å². The Hall–Kier alpha value is -3.53. The van der Waals surface area contributed by atoms with Crippen molar-refractivity contribution in [3.63, 3.8) is 0 Å². The molecule has 1 aromatic rings. The molecule has 3 amide bonds. The molecule has 16 heteroatoms. The summed E-state index contributed by atoms with van der Waals surface area (Å²) in [6, 6.07) is -1.13. The smallest absolute Gasteiger partial charge is 0.353 e. The molecule has 6 heterocycles. The molecule has 0 radical (unpaired) electrons. The Bertz CT molecular complexity index is 1300. The zero-order chi connectivity index (χ0) is 28.3. The highest BCUT2D eigenvalue weighted by molar-refractivity contribution is 8.03. The minimum Gasteiger partial charge on any atom is -0.477 e. The minimum absolute atomic E-state index is 0.00793. The molecule has 15 nitrogen and oxygen atoms in total. The van der Waals surface area contributed by atoms with Crippen LogP contribution in [0.1, 0.15) is 26.7 Å². The van der Waals surface area contributed by atoms with E-state index in [9.17, 15) is 24.3 Å². The number of amides is 3. The van der Waals surface area contributed by atoms with Crippen LogP contribution in [0.5, 0.6) is 0 Å². The lowest BCUT2D eigenvalue weighted by Gasteiger charge is -2.47. The topological polar surface area (TPSA) is 201 Å². The third kappa shape index (κ3) is 4.52. The number of hydrogen-bond donors (Lipinski definition) is 4. The van der Waals surface area contributed by atoms with Gasteiger partial charge in [-0.2, -0.15) is 0 Å².